The van der Waals surface area contributed by atoms with Crippen LogP contribution in [0.5, 0.6) is 0 Å². The van der Waals surface area contributed by atoms with E-state index in [1.165, 1.54) is 22.3 Å². The molecule has 1 atom stereocenters. The summed E-state index contributed by atoms with van der Waals surface area (Å²) in [5.41, 5.74) is 12.0. The molecule has 0 heterocycles. The van der Waals surface area contributed by atoms with E-state index in [9.17, 15) is 0 Å². The average molecular weight is 267 g/mol. The Balaban J connectivity index is 2.23. The monoisotopic (exact) mass is 267 g/mol. The second kappa shape index (κ2) is 6.23. The molecule has 0 aliphatic carbocycles. The number of aryl methyl sites for hydroxylation is 2. The van der Waals surface area contributed by atoms with Crippen molar-refractivity contribution in [2.24, 2.45) is 5.73 Å². The third-order valence-electron chi connectivity index (χ3n) is 4.28. The Bertz CT molecular complexity index is 539. The van der Waals surface area contributed by atoms with Crippen LogP contribution in [0.2, 0.25) is 0 Å². The minimum Gasteiger partial charge on any atom is -0.325 e. The van der Waals surface area contributed by atoms with Crippen molar-refractivity contribution in [3.05, 3.63) is 70.8 Å². The first-order valence-corrected chi connectivity index (χ1v) is 7.42. The zero-order chi connectivity index (χ0) is 14.6. The van der Waals surface area contributed by atoms with Gasteiger partial charge < -0.3 is 5.73 Å². The van der Waals surface area contributed by atoms with E-state index < -0.39 is 0 Å². The van der Waals surface area contributed by atoms with Crippen molar-refractivity contribution in [2.45, 2.75) is 45.6 Å². The van der Waals surface area contributed by atoms with E-state index in [0.717, 1.165) is 19.3 Å². The maximum atomic E-state index is 6.70. The fourth-order valence-electron chi connectivity index (χ4n) is 2.79. The molecule has 106 valence electrons. The highest BCUT2D eigenvalue weighted by Gasteiger charge is 2.25. The number of benzene rings is 2. The molecule has 20 heavy (non-hydrogen) atoms. The summed E-state index contributed by atoms with van der Waals surface area (Å²) in [5, 5.41) is 0. The fourth-order valence-corrected chi connectivity index (χ4v) is 2.79. The van der Waals surface area contributed by atoms with E-state index in [1.54, 1.807) is 0 Å². The molecule has 2 N–H and O–H groups in total. The van der Waals surface area contributed by atoms with Gasteiger partial charge in [-0.15, -0.1) is 0 Å². The van der Waals surface area contributed by atoms with Crippen LogP contribution in [0.15, 0.2) is 48.5 Å². The Morgan fingerprint density at radius 2 is 1.45 bits per heavy atom. The summed E-state index contributed by atoms with van der Waals surface area (Å²) < 4.78 is 0. The van der Waals surface area contributed by atoms with Gasteiger partial charge >= 0.3 is 0 Å². The maximum absolute atomic E-state index is 6.70. The largest absolute Gasteiger partial charge is 0.325 e. The van der Waals surface area contributed by atoms with Gasteiger partial charge in [-0.2, -0.15) is 0 Å². The van der Waals surface area contributed by atoms with Crippen LogP contribution >= 0.6 is 0 Å². The average Bonchev–Trinajstić information content (AvgIpc) is 2.44. The molecule has 0 spiro atoms. The van der Waals surface area contributed by atoms with Crippen molar-refractivity contribution in [2.75, 3.05) is 0 Å². The lowest BCUT2D eigenvalue weighted by Gasteiger charge is -2.30. The van der Waals surface area contributed by atoms with Crippen molar-refractivity contribution < 1.29 is 0 Å². The molecule has 0 fully saturated rings. The Morgan fingerprint density at radius 1 is 0.850 bits per heavy atom. The zero-order valence-corrected chi connectivity index (χ0v) is 12.8. The molecular formula is C19H25N. The minimum atomic E-state index is -0.168. The van der Waals surface area contributed by atoms with Crippen LogP contribution < -0.4 is 5.73 Å². The summed E-state index contributed by atoms with van der Waals surface area (Å²) in [5.74, 6) is 0. The van der Waals surface area contributed by atoms with Gasteiger partial charge in [-0.05, 0) is 55.4 Å². The van der Waals surface area contributed by atoms with Crippen molar-refractivity contribution in [3.63, 3.8) is 0 Å². The van der Waals surface area contributed by atoms with Crippen LogP contribution in [-0.2, 0) is 12.8 Å². The lowest BCUT2D eigenvalue weighted by Crippen LogP contribution is -2.44. The molecule has 0 aromatic heterocycles. The lowest BCUT2D eigenvalue weighted by atomic mass is 9.81. The standard InChI is InChI=1S/C19H25N/c1-4-19(20,13-17-11-6-5-7-12-17)14-18-15(2)9-8-10-16(18)3/h5-12H,4,13-14,20H2,1-3H3. The number of hydrogen-bond acceptors (Lipinski definition) is 1. The molecule has 0 aliphatic heterocycles. The molecule has 0 aliphatic rings. The second-order valence-corrected chi connectivity index (χ2v) is 5.93. The van der Waals surface area contributed by atoms with Crippen LogP contribution in [0, 0.1) is 13.8 Å². The molecule has 0 saturated heterocycles. The van der Waals surface area contributed by atoms with Crippen molar-refractivity contribution in [1.82, 2.24) is 0 Å². The van der Waals surface area contributed by atoms with E-state index in [2.05, 4.69) is 69.3 Å². The molecule has 0 amide bonds. The number of hydrogen-bond donors (Lipinski definition) is 1. The Morgan fingerprint density at radius 3 is 2.00 bits per heavy atom. The third kappa shape index (κ3) is 3.49. The Hall–Kier alpha value is -1.60. The van der Waals surface area contributed by atoms with Crippen molar-refractivity contribution in [3.8, 4) is 0 Å². The first-order chi connectivity index (χ1) is 9.54. The highest BCUT2D eigenvalue weighted by molar-refractivity contribution is 5.35. The molecule has 2 rings (SSSR count). The fraction of sp³-hybridized carbons (Fsp3) is 0.368. The predicted molar refractivity (Wildman–Crippen MR) is 87.0 cm³/mol. The van der Waals surface area contributed by atoms with Crippen LogP contribution in [-0.4, -0.2) is 5.54 Å². The summed E-state index contributed by atoms with van der Waals surface area (Å²) in [4.78, 5) is 0. The summed E-state index contributed by atoms with van der Waals surface area (Å²) in [6, 6.07) is 17.1. The Kier molecular flexibility index (Phi) is 4.61. The number of nitrogens with two attached hydrogens (primary N) is 1. The molecule has 0 radical (unpaired) electrons. The molecular weight excluding hydrogens is 242 g/mol. The smallest absolute Gasteiger partial charge is 0.0233 e. The lowest BCUT2D eigenvalue weighted by molar-refractivity contribution is 0.403. The highest BCUT2D eigenvalue weighted by Crippen LogP contribution is 2.24. The normalized spacial score (nSPS) is 14.0. The topological polar surface area (TPSA) is 26.0 Å². The van der Waals surface area contributed by atoms with E-state index in [-0.39, 0.29) is 5.54 Å². The minimum absolute atomic E-state index is 0.168. The number of rotatable bonds is 5. The van der Waals surface area contributed by atoms with Gasteiger partial charge in [0.05, 0.1) is 0 Å². The van der Waals surface area contributed by atoms with Gasteiger partial charge in [-0.25, -0.2) is 0 Å². The van der Waals surface area contributed by atoms with Crippen LogP contribution in [0.25, 0.3) is 0 Å². The maximum Gasteiger partial charge on any atom is 0.0233 e. The van der Waals surface area contributed by atoms with Gasteiger partial charge in [-0.1, -0.05) is 55.5 Å². The molecule has 2 aromatic carbocycles. The first kappa shape index (κ1) is 14.8. The van der Waals surface area contributed by atoms with E-state index >= 15 is 0 Å². The van der Waals surface area contributed by atoms with E-state index in [1.807, 2.05) is 0 Å². The Labute approximate surface area is 122 Å². The van der Waals surface area contributed by atoms with Gasteiger partial charge in [0.25, 0.3) is 0 Å². The zero-order valence-electron chi connectivity index (χ0n) is 12.8. The molecule has 1 heteroatoms. The molecule has 2 aromatic rings. The van der Waals surface area contributed by atoms with E-state index in [0.29, 0.717) is 0 Å². The first-order valence-electron chi connectivity index (χ1n) is 7.42. The second-order valence-electron chi connectivity index (χ2n) is 5.93. The van der Waals surface area contributed by atoms with E-state index in [4.69, 9.17) is 5.73 Å². The summed E-state index contributed by atoms with van der Waals surface area (Å²) in [6.45, 7) is 6.55. The van der Waals surface area contributed by atoms with Crippen LogP contribution in [0.4, 0.5) is 0 Å². The SMILES string of the molecule is CCC(N)(Cc1ccccc1)Cc1c(C)cccc1C. The van der Waals surface area contributed by atoms with Gasteiger partial charge in [0.2, 0.25) is 0 Å². The molecule has 0 saturated carbocycles. The van der Waals surface area contributed by atoms with Crippen molar-refractivity contribution in [1.29, 1.82) is 0 Å². The van der Waals surface area contributed by atoms with Crippen LogP contribution in [0.3, 0.4) is 0 Å². The summed E-state index contributed by atoms with van der Waals surface area (Å²) >= 11 is 0. The van der Waals surface area contributed by atoms with Crippen molar-refractivity contribution >= 4 is 0 Å². The van der Waals surface area contributed by atoms with Gasteiger partial charge in [0.1, 0.15) is 0 Å². The van der Waals surface area contributed by atoms with Crippen LogP contribution in [0.1, 0.15) is 35.6 Å². The molecule has 0 bridgehead atoms. The third-order valence-corrected chi connectivity index (χ3v) is 4.28. The predicted octanol–water partition coefficient (Wildman–Crippen LogP) is 4.20. The van der Waals surface area contributed by atoms with Gasteiger partial charge in [-0.3, -0.25) is 0 Å². The van der Waals surface area contributed by atoms with Gasteiger partial charge in [0, 0.05) is 5.54 Å². The molecule has 1 nitrogen and oxygen atoms in total. The summed E-state index contributed by atoms with van der Waals surface area (Å²) in [7, 11) is 0. The molecule has 1 unspecified atom stereocenters. The summed E-state index contributed by atoms with van der Waals surface area (Å²) in [6.07, 6.45) is 2.85. The van der Waals surface area contributed by atoms with Gasteiger partial charge in [0.15, 0.2) is 0 Å². The quantitative estimate of drug-likeness (QED) is 0.863. The highest BCUT2D eigenvalue weighted by atomic mass is 14.7.